The molecule has 1 heterocycles. The highest BCUT2D eigenvalue weighted by Crippen LogP contribution is 2.24. The van der Waals surface area contributed by atoms with Crippen molar-refractivity contribution in [3.63, 3.8) is 0 Å². The van der Waals surface area contributed by atoms with Crippen molar-refractivity contribution in [2.75, 3.05) is 6.54 Å². The smallest absolute Gasteiger partial charge is 0.0381 e. The molecule has 1 unspecified atom stereocenters. The largest absolute Gasteiger partial charge is 0.310 e. The Morgan fingerprint density at radius 3 is 3.38 bits per heavy atom. The minimum atomic E-state index is 0.919. The van der Waals surface area contributed by atoms with Crippen LogP contribution in [0.5, 0.6) is 0 Å². The van der Waals surface area contributed by atoms with E-state index in [9.17, 15) is 0 Å². The summed E-state index contributed by atoms with van der Waals surface area (Å²) in [6.45, 7) is 1.11. The lowest BCUT2D eigenvalue weighted by Crippen LogP contribution is -2.21. The van der Waals surface area contributed by atoms with Crippen LogP contribution in [0.3, 0.4) is 0 Å². The second-order valence-corrected chi connectivity index (χ2v) is 2.65. The Kier molecular flexibility index (Phi) is 0.802. The lowest BCUT2D eigenvalue weighted by molar-refractivity contribution is 0.499. The van der Waals surface area contributed by atoms with Crippen molar-refractivity contribution < 1.29 is 0 Å². The van der Waals surface area contributed by atoms with Gasteiger partial charge in [-0.05, 0) is 25.2 Å². The van der Waals surface area contributed by atoms with E-state index in [-0.39, 0.29) is 0 Å². The SMILES string of the molecule is C1CC2CNN=C1C2. The molecule has 0 aromatic carbocycles. The molecule has 1 aliphatic heterocycles. The molecule has 44 valence electrons. The standard InChI is InChI=1S/C6H10N2/c1-2-6-3-5(1)4-7-8-6/h5,7H,1-4H2. The number of nitrogens with one attached hydrogen (secondary N) is 1. The zero-order valence-corrected chi connectivity index (χ0v) is 4.85. The third-order valence-corrected chi connectivity index (χ3v) is 1.98. The first kappa shape index (κ1) is 4.36. The average molecular weight is 110 g/mol. The van der Waals surface area contributed by atoms with E-state index in [0.29, 0.717) is 0 Å². The van der Waals surface area contributed by atoms with Crippen molar-refractivity contribution >= 4 is 5.71 Å². The van der Waals surface area contributed by atoms with Crippen molar-refractivity contribution in [2.24, 2.45) is 11.0 Å². The minimum Gasteiger partial charge on any atom is -0.310 e. The molecule has 2 nitrogen and oxygen atoms in total. The van der Waals surface area contributed by atoms with Crippen LogP contribution in [0.2, 0.25) is 0 Å². The van der Waals surface area contributed by atoms with Crippen LogP contribution in [-0.2, 0) is 0 Å². The second-order valence-electron chi connectivity index (χ2n) is 2.65. The molecule has 2 aliphatic rings. The maximum atomic E-state index is 4.16. The molecule has 1 atom stereocenters. The van der Waals surface area contributed by atoms with E-state index in [0.717, 1.165) is 12.5 Å². The van der Waals surface area contributed by atoms with E-state index in [1.807, 2.05) is 0 Å². The molecular weight excluding hydrogens is 100 g/mol. The van der Waals surface area contributed by atoms with Crippen molar-refractivity contribution in [1.82, 2.24) is 5.43 Å². The van der Waals surface area contributed by atoms with Gasteiger partial charge in [0.1, 0.15) is 0 Å². The quantitative estimate of drug-likeness (QED) is 0.489. The van der Waals surface area contributed by atoms with Gasteiger partial charge < -0.3 is 5.43 Å². The number of nitrogens with zero attached hydrogens (tertiary/aromatic N) is 1. The van der Waals surface area contributed by atoms with E-state index in [1.54, 1.807) is 0 Å². The molecule has 0 spiro atoms. The fourth-order valence-corrected chi connectivity index (χ4v) is 1.47. The lowest BCUT2D eigenvalue weighted by atomic mass is 10.1. The first-order valence-corrected chi connectivity index (χ1v) is 3.23. The molecule has 8 heavy (non-hydrogen) atoms. The Balaban J connectivity index is 2.22. The molecule has 1 N–H and O–H groups in total. The summed E-state index contributed by atoms with van der Waals surface area (Å²) in [4.78, 5) is 0. The molecule has 0 aromatic rings. The highest BCUT2D eigenvalue weighted by molar-refractivity contribution is 5.86. The predicted octanol–water partition coefficient (Wildman–Crippen LogP) is 0.746. The molecule has 2 bridgehead atoms. The van der Waals surface area contributed by atoms with E-state index in [2.05, 4.69) is 10.5 Å². The van der Waals surface area contributed by atoms with Gasteiger partial charge in [-0.3, -0.25) is 0 Å². The summed E-state index contributed by atoms with van der Waals surface area (Å²) in [7, 11) is 0. The summed E-state index contributed by atoms with van der Waals surface area (Å²) in [6.07, 6.45) is 3.89. The molecule has 1 aliphatic carbocycles. The molecule has 0 amide bonds. The van der Waals surface area contributed by atoms with Crippen molar-refractivity contribution in [3.8, 4) is 0 Å². The van der Waals surface area contributed by atoms with Gasteiger partial charge >= 0.3 is 0 Å². The Hall–Kier alpha value is -0.530. The number of hydrazone groups is 1. The zero-order valence-electron chi connectivity index (χ0n) is 4.85. The summed E-state index contributed by atoms with van der Waals surface area (Å²) in [5.74, 6) is 0.919. The fraction of sp³-hybridized carbons (Fsp3) is 0.833. The van der Waals surface area contributed by atoms with E-state index in [4.69, 9.17) is 0 Å². The summed E-state index contributed by atoms with van der Waals surface area (Å²) < 4.78 is 0. The highest BCUT2D eigenvalue weighted by atomic mass is 15.3. The maximum absolute atomic E-state index is 4.16. The van der Waals surface area contributed by atoms with Gasteiger partial charge in [0.05, 0.1) is 0 Å². The summed E-state index contributed by atoms with van der Waals surface area (Å²) in [5, 5.41) is 4.16. The van der Waals surface area contributed by atoms with Crippen LogP contribution in [0, 0.1) is 5.92 Å². The number of hydrogen-bond donors (Lipinski definition) is 1. The van der Waals surface area contributed by atoms with E-state index < -0.39 is 0 Å². The summed E-state index contributed by atoms with van der Waals surface area (Å²) in [6, 6.07) is 0. The third kappa shape index (κ3) is 0.522. The Morgan fingerprint density at radius 1 is 1.62 bits per heavy atom. The highest BCUT2D eigenvalue weighted by Gasteiger charge is 2.23. The van der Waals surface area contributed by atoms with Gasteiger partial charge in [0, 0.05) is 12.3 Å². The van der Waals surface area contributed by atoms with Gasteiger partial charge in [-0.1, -0.05) is 0 Å². The number of hydrogen-bond acceptors (Lipinski definition) is 2. The van der Waals surface area contributed by atoms with Gasteiger partial charge in [-0.2, -0.15) is 5.10 Å². The van der Waals surface area contributed by atoms with Gasteiger partial charge in [0.2, 0.25) is 0 Å². The number of fused-ring (bicyclic) bond motifs is 2. The monoisotopic (exact) mass is 110 g/mol. The Bertz CT molecular complexity index is 126. The summed E-state index contributed by atoms with van der Waals surface area (Å²) >= 11 is 0. The molecule has 0 radical (unpaired) electrons. The average Bonchev–Trinajstić information content (AvgIpc) is 2.12. The Labute approximate surface area is 49.0 Å². The molecule has 2 heteroatoms. The zero-order chi connectivity index (χ0) is 5.40. The first-order valence-electron chi connectivity index (χ1n) is 3.23. The van der Waals surface area contributed by atoms with Crippen LogP contribution in [0.15, 0.2) is 5.10 Å². The summed E-state index contributed by atoms with van der Waals surface area (Å²) in [5.41, 5.74) is 4.42. The molecule has 2 rings (SSSR count). The maximum Gasteiger partial charge on any atom is 0.0381 e. The van der Waals surface area contributed by atoms with E-state index >= 15 is 0 Å². The molecule has 1 saturated carbocycles. The molecule has 1 fully saturated rings. The van der Waals surface area contributed by atoms with Crippen molar-refractivity contribution in [2.45, 2.75) is 19.3 Å². The Morgan fingerprint density at radius 2 is 2.62 bits per heavy atom. The van der Waals surface area contributed by atoms with Gasteiger partial charge in [0.15, 0.2) is 0 Å². The van der Waals surface area contributed by atoms with Gasteiger partial charge in [0.25, 0.3) is 0 Å². The van der Waals surface area contributed by atoms with Crippen LogP contribution in [0.1, 0.15) is 19.3 Å². The van der Waals surface area contributed by atoms with Gasteiger partial charge in [-0.25, -0.2) is 0 Å². The first-order chi connectivity index (χ1) is 3.95. The van der Waals surface area contributed by atoms with Gasteiger partial charge in [-0.15, -0.1) is 0 Å². The minimum absolute atomic E-state index is 0.919. The van der Waals surface area contributed by atoms with Crippen molar-refractivity contribution in [1.29, 1.82) is 0 Å². The third-order valence-electron chi connectivity index (χ3n) is 1.98. The van der Waals surface area contributed by atoms with Crippen LogP contribution >= 0.6 is 0 Å². The van der Waals surface area contributed by atoms with Crippen LogP contribution in [0.4, 0.5) is 0 Å². The van der Waals surface area contributed by atoms with Crippen LogP contribution in [-0.4, -0.2) is 12.3 Å². The predicted molar refractivity (Wildman–Crippen MR) is 32.8 cm³/mol. The number of rotatable bonds is 0. The molecular formula is C6H10N2. The van der Waals surface area contributed by atoms with E-state index in [1.165, 1.54) is 25.0 Å². The normalized spacial score (nSPS) is 34.0. The second kappa shape index (κ2) is 1.47. The lowest BCUT2D eigenvalue weighted by Gasteiger charge is -2.10. The van der Waals surface area contributed by atoms with Crippen LogP contribution in [0.25, 0.3) is 0 Å². The fourth-order valence-electron chi connectivity index (χ4n) is 1.47. The molecule has 0 saturated heterocycles. The van der Waals surface area contributed by atoms with Crippen LogP contribution < -0.4 is 5.43 Å². The molecule has 0 aromatic heterocycles. The topological polar surface area (TPSA) is 24.4 Å². The van der Waals surface area contributed by atoms with Crippen molar-refractivity contribution in [3.05, 3.63) is 0 Å².